The zero-order valence-corrected chi connectivity index (χ0v) is 15.4. The maximum atomic E-state index is 12.4. The van der Waals surface area contributed by atoms with Gasteiger partial charge in [-0.15, -0.1) is 0 Å². The second kappa shape index (κ2) is 8.75. The van der Waals surface area contributed by atoms with E-state index in [0.29, 0.717) is 22.9 Å². The first kappa shape index (κ1) is 19.8. The van der Waals surface area contributed by atoms with Crippen molar-refractivity contribution in [2.24, 2.45) is 0 Å². The third-order valence-electron chi connectivity index (χ3n) is 3.80. The zero-order valence-electron chi connectivity index (χ0n) is 15.4. The summed E-state index contributed by atoms with van der Waals surface area (Å²) in [5, 5.41) is 16.6. The summed E-state index contributed by atoms with van der Waals surface area (Å²) in [5.74, 6) is 0.872. The van der Waals surface area contributed by atoms with Gasteiger partial charge in [0.05, 0.1) is 26.3 Å². The van der Waals surface area contributed by atoms with Crippen molar-refractivity contribution in [1.82, 2.24) is 0 Å². The number of methoxy groups -OCH3 is 3. The van der Waals surface area contributed by atoms with Gasteiger partial charge in [-0.3, -0.25) is 14.9 Å². The monoisotopic (exact) mass is 375 g/mol. The molecule has 2 N–H and O–H groups in total. The molecule has 27 heavy (non-hydrogen) atoms. The number of amides is 1. The molecule has 0 aliphatic heterocycles. The highest BCUT2D eigenvalue weighted by atomic mass is 16.6. The first-order chi connectivity index (χ1) is 12.9. The van der Waals surface area contributed by atoms with E-state index in [1.165, 1.54) is 39.5 Å². The molecule has 144 valence electrons. The number of hydrogen-bond acceptors (Lipinski definition) is 7. The number of nitro groups is 1. The fourth-order valence-electron chi connectivity index (χ4n) is 2.46. The van der Waals surface area contributed by atoms with Crippen LogP contribution in [0.4, 0.5) is 17.1 Å². The number of nitrogens with one attached hydrogen (secondary N) is 2. The van der Waals surface area contributed by atoms with Crippen molar-refractivity contribution in [2.75, 3.05) is 32.0 Å². The van der Waals surface area contributed by atoms with E-state index in [2.05, 4.69) is 10.6 Å². The Bertz CT molecular complexity index is 815. The lowest BCUT2D eigenvalue weighted by Crippen LogP contribution is -2.32. The lowest BCUT2D eigenvalue weighted by molar-refractivity contribution is -0.383. The summed E-state index contributed by atoms with van der Waals surface area (Å²) in [6.07, 6.45) is 0. The number of ether oxygens (including phenoxy) is 3. The predicted molar refractivity (Wildman–Crippen MR) is 101 cm³/mol. The Morgan fingerprint density at radius 1 is 1.07 bits per heavy atom. The summed E-state index contributed by atoms with van der Waals surface area (Å²) in [4.78, 5) is 23.0. The van der Waals surface area contributed by atoms with Gasteiger partial charge in [0.1, 0.15) is 11.7 Å². The molecule has 0 radical (unpaired) electrons. The van der Waals surface area contributed by atoms with Gasteiger partial charge in [0.25, 0.3) is 5.69 Å². The molecule has 0 aromatic heterocycles. The molecule has 0 aliphatic carbocycles. The molecule has 1 amide bonds. The summed E-state index contributed by atoms with van der Waals surface area (Å²) in [6, 6.07) is 8.58. The van der Waals surface area contributed by atoms with Crippen molar-refractivity contribution in [3.05, 3.63) is 46.5 Å². The molecule has 0 fully saturated rings. The second-order valence-electron chi connectivity index (χ2n) is 5.54. The number of benzene rings is 2. The van der Waals surface area contributed by atoms with Gasteiger partial charge in [-0.2, -0.15) is 0 Å². The molecule has 0 unspecified atom stereocenters. The number of hydrogen-bond donors (Lipinski definition) is 2. The van der Waals surface area contributed by atoms with E-state index in [0.717, 1.165) is 0 Å². The quantitative estimate of drug-likeness (QED) is 0.539. The van der Waals surface area contributed by atoms with Gasteiger partial charge in [-0.25, -0.2) is 0 Å². The number of para-hydroxylation sites is 2. The average molecular weight is 375 g/mol. The van der Waals surface area contributed by atoms with Gasteiger partial charge in [-0.05, 0) is 13.0 Å². The van der Waals surface area contributed by atoms with E-state index in [1.807, 2.05) is 0 Å². The van der Waals surface area contributed by atoms with Crippen LogP contribution in [-0.2, 0) is 4.79 Å². The maximum Gasteiger partial charge on any atom is 0.292 e. The van der Waals surface area contributed by atoms with Crippen molar-refractivity contribution in [2.45, 2.75) is 13.0 Å². The molecule has 0 heterocycles. The highest BCUT2D eigenvalue weighted by Crippen LogP contribution is 2.40. The van der Waals surface area contributed by atoms with Gasteiger partial charge in [-0.1, -0.05) is 12.1 Å². The lowest BCUT2D eigenvalue weighted by atomic mass is 10.2. The van der Waals surface area contributed by atoms with Crippen molar-refractivity contribution >= 4 is 23.0 Å². The Balaban J connectivity index is 2.18. The molecule has 9 heteroatoms. The molecule has 0 spiro atoms. The number of nitro benzene ring substituents is 1. The van der Waals surface area contributed by atoms with Gasteiger partial charge >= 0.3 is 0 Å². The van der Waals surface area contributed by atoms with Crippen LogP contribution in [0.25, 0.3) is 0 Å². The SMILES string of the molecule is COc1cc(N[C@H](C)C(=O)Nc2ccccc2[N+](=O)[O-])cc(OC)c1OC. The van der Waals surface area contributed by atoms with Crippen LogP contribution in [0.1, 0.15) is 6.92 Å². The standard InChI is InChI=1S/C18H21N3O6/c1-11(18(22)20-13-7-5-6-8-14(13)21(23)24)19-12-9-15(25-2)17(27-4)16(10-12)26-3/h5-11,19H,1-4H3,(H,20,22)/t11-/m1/s1. The Kier molecular flexibility index (Phi) is 6.42. The summed E-state index contributed by atoms with van der Waals surface area (Å²) >= 11 is 0. The van der Waals surface area contributed by atoms with Crippen LogP contribution in [0.3, 0.4) is 0 Å². The summed E-state index contributed by atoms with van der Waals surface area (Å²) in [5.41, 5.74) is 0.520. The lowest BCUT2D eigenvalue weighted by Gasteiger charge is -2.18. The van der Waals surface area contributed by atoms with Crippen LogP contribution in [-0.4, -0.2) is 38.2 Å². The van der Waals surface area contributed by atoms with Crippen LogP contribution in [0.5, 0.6) is 17.2 Å². The number of rotatable bonds is 8. The summed E-state index contributed by atoms with van der Waals surface area (Å²) < 4.78 is 15.8. The van der Waals surface area contributed by atoms with Crippen molar-refractivity contribution in [3.63, 3.8) is 0 Å². The Labute approximate surface area is 156 Å². The number of nitrogens with zero attached hydrogens (tertiary/aromatic N) is 1. The molecule has 0 saturated heterocycles. The van der Waals surface area contributed by atoms with Crippen LogP contribution in [0.2, 0.25) is 0 Å². The number of carbonyl (C=O) groups excluding carboxylic acids is 1. The number of anilines is 2. The van der Waals surface area contributed by atoms with Crippen molar-refractivity contribution in [3.8, 4) is 17.2 Å². The Morgan fingerprint density at radius 2 is 1.67 bits per heavy atom. The van der Waals surface area contributed by atoms with E-state index < -0.39 is 16.9 Å². The largest absolute Gasteiger partial charge is 0.493 e. The Morgan fingerprint density at radius 3 is 2.19 bits per heavy atom. The van der Waals surface area contributed by atoms with Crippen LogP contribution < -0.4 is 24.8 Å². The van der Waals surface area contributed by atoms with Crippen LogP contribution >= 0.6 is 0 Å². The zero-order chi connectivity index (χ0) is 20.0. The van der Waals surface area contributed by atoms with Crippen LogP contribution in [0.15, 0.2) is 36.4 Å². The normalized spacial score (nSPS) is 11.3. The maximum absolute atomic E-state index is 12.4. The van der Waals surface area contributed by atoms with Crippen LogP contribution in [0, 0.1) is 10.1 Å². The third kappa shape index (κ3) is 4.57. The van der Waals surface area contributed by atoms with Gasteiger partial charge in [0.2, 0.25) is 11.7 Å². The molecular weight excluding hydrogens is 354 g/mol. The van der Waals surface area contributed by atoms with E-state index >= 15 is 0 Å². The summed E-state index contributed by atoms with van der Waals surface area (Å²) in [6.45, 7) is 1.63. The highest BCUT2D eigenvalue weighted by Gasteiger charge is 2.20. The van der Waals surface area contributed by atoms with E-state index in [-0.39, 0.29) is 11.4 Å². The van der Waals surface area contributed by atoms with E-state index in [4.69, 9.17) is 14.2 Å². The fraction of sp³-hybridized carbons (Fsp3) is 0.278. The first-order valence-corrected chi connectivity index (χ1v) is 8.02. The first-order valence-electron chi connectivity index (χ1n) is 8.02. The molecule has 9 nitrogen and oxygen atoms in total. The fourth-order valence-corrected chi connectivity index (χ4v) is 2.46. The molecule has 1 atom stereocenters. The van der Waals surface area contributed by atoms with E-state index in [1.54, 1.807) is 25.1 Å². The highest BCUT2D eigenvalue weighted by molar-refractivity contribution is 5.98. The Hall–Kier alpha value is -3.49. The van der Waals surface area contributed by atoms with Crippen molar-refractivity contribution < 1.29 is 23.9 Å². The molecule has 2 aromatic rings. The van der Waals surface area contributed by atoms with Crippen molar-refractivity contribution in [1.29, 1.82) is 0 Å². The van der Waals surface area contributed by atoms with Gasteiger partial charge in [0.15, 0.2) is 11.5 Å². The minimum atomic E-state index is -0.687. The number of carbonyl (C=O) groups is 1. The minimum absolute atomic E-state index is 0.131. The average Bonchev–Trinajstić information content (AvgIpc) is 2.67. The van der Waals surface area contributed by atoms with Gasteiger partial charge in [0, 0.05) is 23.9 Å². The topological polar surface area (TPSA) is 112 Å². The predicted octanol–water partition coefficient (Wildman–Crippen LogP) is 3.06. The molecule has 2 rings (SSSR count). The third-order valence-corrected chi connectivity index (χ3v) is 3.80. The second-order valence-corrected chi connectivity index (χ2v) is 5.54. The van der Waals surface area contributed by atoms with E-state index in [9.17, 15) is 14.9 Å². The molecule has 2 aromatic carbocycles. The minimum Gasteiger partial charge on any atom is -0.493 e. The molecular formula is C18H21N3O6. The molecule has 0 aliphatic rings. The molecule has 0 saturated carbocycles. The summed E-state index contributed by atoms with van der Waals surface area (Å²) in [7, 11) is 4.48. The smallest absolute Gasteiger partial charge is 0.292 e. The van der Waals surface area contributed by atoms with Gasteiger partial charge < -0.3 is 24.8 Å². The molecule has 0 bridgehead atoms.